The number of alkyl halides is 2. The van der Waals surface area contributed by atoms with Gasteiger partial charge >= 0.3 is 5.97 Å². The van der Waals surface area contributed by atoms with E-state index < -0.39 is 40.8 Å². The molecule has 2 rings (SSSR count). The Morgan fingerprint density at radius 3 is 2.41 bits per heavy atom. The van der Waals surface area contributed by atoms with E-state index in [0.29, 0.717) is 0 Å². The van der Waals surface area contributed by atoms with Crippen molar-refractivity contribution in [3.05, 3.63) is 0 Å². The van der Waals surface area contributed by atoms with E-state index in [1.165, 1.54) is 13.8 Å². The predicted molar refractivity (Wildman–Crippen MR) is 67.7 cm³/mol. The standard InChI is InChI=1S/C8H9ClINO5S/c1-7(2)3(4(12)13)11-5(14)8(9,10)6(11)17(7,15)16/h3,6H,1-2H3,(H,12,13)/t3-,6+,8?/m0/s1. The summed E-state index contributed by atoms with van der Waals surface area (Å²) in [5.74, 6) is -2.00. The number of β-lactam (4-membered cyclic amide) rings is 1. The molecular weight excluding hydrogens is 385 g/mol. The van der Waals surface area contributed by atoms with Gasteiger partial charge in [-0.2, -0.15) is 0 Å². The molecule has 3 atom stereocenters. The molecule has 1 unspecified atom stereocenters. The lowest BCUT2D eigenvalue weighted by Crippen LogP contribution is -2.69. The van der Waals surface area contributed by atoms with E-state index in [-0.39, 0.29) is 0 Å². The number of carboxylic acids is 1. The molecule has 1 N–H and O–H groups in total. The van der Waals surface area contributed by atoms with Gasteiger partial charge in [-0.3, -0.25) is 4.79 Å². The third-order valence-corrected chi connectivity index (χ3v) is 8.11. The fourth-order valence-electron chi connectivity index (χ4n) is 2.28. The number of nitrogens with zero attached hydrogens (tertiary/aromatic N) is 1. The maximum Gasteiger partial charge on any atom is 0.328 e. The predicted octanol–water partition coefficient (Wildman–Crippen LogP) is 0.185. The number of aliphatic carboxylic acids is 1. The zero-order valence-electron chi connectivity index (χ0n) is 8.85. The lowest BCUT2D eigenvalue weighted by atomic mass is 9.98. The number of carbonyl (C=O) groups is 2. The molecule has 0 aromatic rings. The average molecular weight is 394 g/mol. The fourth-order valence-corrected chi connectivity index (χ4v) is 6.53. The smallest absolute Gasteiger partial charge is 0.328 e. The second-order valence-corrected chi connectivity index (χ2v) is 10.1. The Bertz CT molecular complexity index is 528. The van der Waals surface area contributed by atoms with Crippen LogP contribution in [-0.4, -0.2) is 49.3 Å². The number of sulfone groups is 1. The second-order valence-electron chi connectivity index (χ2n) is 4.58. The number of carboxylic acid groups (broad SMARTS) is 1. The van der Waals surface area contributed by atoms with Gasteiger partial charge in [-0.05, 0) is 36.4 Å². The summed E-state index contributed by atoms with van der Waals surface area (Å²) in [4.78, 5) is 23.7. The highest BCUT2D eigenvalue weighted by atomic mass is 127. The summed E-state index contributed by atoms with van der Waals surface area (Å²) in [6, 6.07) is -1.38. The van der Waals surface area contributed by atoms with Crippen LogP contribution in [-0.2, 0) is 19.4 Å². The van der Waals surface area contributed by atoms with E-state index in [0.717, 1.165) is 4.90 Å². The Kier molecular flexibility index (Phi) is 2.56. The average Bonchev–Trinajstić information content (AvgIpc) is 2.29. The molecular formula is C8H9ClINO5S. The van der Waals surface area contributed by atoms with E-state index in [9.17, 15) is 18.0 Å². The molecule has 2 saturated heterocycles. The molecule has 0 aromatic heterocycles. The Balaban J connectivity index is 2.65. The number of rotatable bonds is 1. The molecule has 2 heterocycles. The molecule has 2 aliphatic heterocycles. The van der Waals surface area contributed by atoms with Crippen molar-refractivity contribution < 1.29 is 23.1 Å². The molecule has 0 bridgehead atoms. The lowest BCUT2D eigenvalue weighted by molar-refractivity contribution is -0.157. The maximum absolute atomic E-state index is 12.2. The van der Waals surface area contributed by atoms with Gasteiger partial charge in [-0.25, -0.2) is 13.2 Å². The minimum absolute atomic E-state index is 0.661. The lowest BCUT2D eigenvalue weighted by Gasteiger charge is -2.45. The summed E-state index contributed by atoms with van der Waals surface area (Å²) in [7, 11) is -3.82. The van der Waals surface area contributed by atoms with Gasteiger partial charge in [-0.1, -0.05) is 11.6 Å². The molecule has 0 spiro atoms. The van der Waals surface area contributed by atoms with Crippen LogP contribution >= 0.6 is 34.2 Å². The first kappa shape index (κ1) is 13.3. The minimum Gasteiger partial charge on any atom is -0.480 e. The first-order chi connectivity index (χ1) is 7.47. The number of amides is 1. The van der Waals surface area contributed by atoms with Crippen molar-refractivity contribution in [3.8, 4) is 0 Å². The van der Waals surface area contributed by atoms with Crippen molar-refractivity contribution in [3.63, 3.8) is 0 Å². The van der Waals surface area contributed by atoms with Gasteiger partial charge in [0.1, 0.15) is 10.8 Å². The zero-order chi connectivity index (χ0) is 13.4. The topological polar surface area (TPSA) is 91.8 Å². The molecule has 17 heavy (non-hydrogen) atoms. The van der Waals surface area contributed by atoms with Crippen LogP contribution < -0.4 is 0 Å². The third kappa shape index (κ3) is 1.29. The summed E-state index contributed by atoms with van der Waals surface area (Å²) >= 11 is 7.41. The van der Waals surface area contributed by atoms with Crippen molar-refractivity contribution in [2.75, 3.05) is 0 Å². The summed E-state index contributed by atoms with van der Waals surface area (Å²) in [5, 5.41) is 7.82. The van der Waals surface area contributed by atoms with E-state index in [1.54, 1.807) is 22.6 Å². The summed E-state index contributed by atoms with van der Waals surface area (Å²) in [5.41, 5.74) is 0. The minimum atomic E-state index is -3.82. The maximum atomic E-state index is 12.2. The van der Waals surface area contributed by atoms with Gasteiger partial charge in [0.25, 0.3) is 5.91 Å². The monoisotopic (exact) mass is 393 g/mol. The van der Waals surface area contributed by atoms with Crippen LogP contribution in [0.1, 0.15) is 13.8 Å². The van der Waals surface area contributed by atoms with Crippen LogP contribution in [0.25, 0.3) is 0 Å². The Morgan fingerprint density at radius 1 is 1.53 bits per heavy atom. The van der Waals surface area contributed by atoms with Crippen molar-refractivity contribution in [1.29, 1.82) is 0 Å². The van der Waals surface area contributed by atoms with Crippen molar-refractivity contribution >= 4 is 55.9 Å². The first-order valence-corrected chi connectivity index (χ1v) is 7.64. The normalized spacial score (nSPS) is 41.9. The van der Waals surface area contributed by atoms with Gasteiger partial charge in [0.05, 0.1) is 0 Å². The Hall–Kier alpha value is -0.0900. The van der Waals surface area contributed by atoms with Crippen LogP contribution in [0.3, 0.4) is 0 Å². The van der Waals surface area contributed by atoms with Gasteiger partial charge in [0, 0.05) is 0 Å². The highest BCUT2D eigenvalue weighted by Gasteiger charge is 2.77. The second kappa shape index (κ2) is 3.27. The largest absolute Gasteiger partial charge is 0.480 e. The van der Waals surface area contributed by atoms with Gasteiger partial charge in [-0.15, -0.1) is 0 Å². The molecule has 0 aliphatic carbocycles. The summed E-state index contributed by atoms with van der Waals surface area (Å²) in [6.07, 6.45) is 0. The SMILES string of the molecule is CC1(C)[C@H](C(=O)O)N2C(=O)C(Cl)(I)[C@H]2S1(=O)=O. The van der Waals surface area contributed by atoms with Crippen molar-refractivity contribution in [2.24, 2.45) is 0 Å². The van der Waals surface area contributed by atoms with E-state index >= 15 is 0 Å². The van der Waals surface area contributed by atoms with Crippen LogP contribution in [0.5, 0.6) is 0 Å². The molecule has 96 valence electrons. The number of halogens is 2. The van der Waals surface area contributed by atoms with Crippen molar-refractivity contribution in [1.82, 2.24) is 4.90 Å². The van der Waals surface area contributed by atoms with Crippen LogP contribution in [0, 0.1) is 0 Å². The molecule has 2 fully saturated rings. The van der Waals surface area contributed by atoms with Crippen LogP contribution in [0.15, 0.2) is 0 Å². The quantitative estimate of drug-likeness (QED) is 0.390. The van der Waals surface area contributed by atoms with Crippen molar-refractivity contribution in [2.45, 2.75) is 32.9 Å². The number of carbonyl (C=O) groups excluding carboxylic acids is 1. The highest BCUT2D eigenvalue weighted by molar-refractivity contribution is 14.1. The van der Waals surface area contributed by atoms with E-state index in [4.69, 9.17) is 16.7 Å². The first-order valence-electron chi connectivity index (χ1n) is 4.64. The number of fused-ring (bicyclic) bond motifs is 1. The molecule has 0 aromatic carbocycles. The fraction of sp³-hybridized carbons (Fsp3) is 0.750. The molecule has 1 amide bonds. The molecule has 0 saturated carbocycles. The molecule has 0 radical (unpaired) electrons. The van der Waals surface area contributed by atoms with Gasteiger partial charge < -0.3 is 10.0 Å². The number of hydrogen-bond acceptors (Lipinski definition) is 4. The molecule has 6 nitrogen and oxygen atoms in total. The van der Waals surface area contributed by atoms with Crippen LogP contribution in [0.2, 0.25) is 0 Å². The summed E-state index contributed by atoms with van der Waals surface area (Å²) in [6.45, 7) is 2.60. The molecule has 2 aliphatic rings. The van der Waals surface area contributed by atoms with Crippen LogP contribution in [0.4, 0.5) is 0 Å². The Labute approximate surface area is 116 Å². The highest BCUT2D eigenvalue weighted by Crippen LogP contribution is 2.55. The van der Waals surface area contributed by atoms with E-state index in [2.05, 4.69) is 0 Å². The molecule has 9 heteroatoms. The van der Waals surface area contributed by atoms with Gasteiger partial charge in [0.2, 0.25) is 2.88 Å². The third-order valence-electron chi connectivity index (χ3n) is 3.28. The van der Waals surface area contributed by atoms with Gasteiger partial charge in [0.15, 0.2) is 15.2 Å². The number of hydrogen-bond donors (Lipinski definition) is 1. The zero-order valence-corrected chi connectivity index (χ0v) is 12.6. The summed E-state index contributed by atoms with van der Waals surface area (Å²) < 4.78 is 21.3. The Morgan fingerprint density at radius 2 is 2.00 bits per heavy atom. The van der Waals surface area contributed by atoms with E-state index in [1.807, 2.05) is 0 Å².